The van der Waals surface area contributed by atoms with Gasteiger partial charge in [0, 0.05) is 19.7 Å². The van der Waals surface area contributed by atoms with E-state index in [9.17, 15) is 9.18 Å². The van der Waals surface area contributed by atoms with Crippen molar-refractivity contribution in [2.45, 2.75) is 19.5 Å². The highest BCUT2D eigenvalue weighted by molar-refractivity contribution is 5.99. The molecule has 36 heavy (non-hydrogen) atoms. The van der Waals surface area contributed by atoms with Crippen molar-refractivity contribution in [2.75, 3.05) is 27.4 Å². The first-order valence-electron chi connectivity index (χ1n) is 11.8. The van der Waals surface area contributed by atoms with Crippen LogP contribution in [-0.2, 0) is 16.0 Å². The zero-order valence-electron chi connectivity index (χ0n) is 20.7. The van der Waals surface area contributed by atoms with Gasteiger partial charge in [0.05, 0.1) is 19.3 Å². The average molecular weight is 488 g/mol. The Bertz CT molecular complexity index is 1350. The molecule has 1 atom stereocenters. The number of fused-ring (bicyclic) bond motifs is 1. The molecule has 0 bridgehead atoms. The Kier molecular flexibility index (Phi) is 8.31. The van der Waals surface area contributed by atoms with Gasteiger partial charge in [0.25, 0.3) is 0 Å². The van der Waals surface area contributed by atoms with Crippen molar-refractivity contribution in [1.82, 2.24) is 5.32 Å². The molecule has 186 valence electrons. The number of ether oxygens (including phenoxy) is 3. The molecule has 5 nitrogen and oxygen atoms in total. The average Bonchev–Trinajstić information content (AvgIpc) is 2.91. The minimum atomic E-state index is -0.696. The molecule has 4 rings (SSSR count). The van der Waals surface area contributed by atoms with Gasteiger partial charge in [-0.2, -0.15) is 0 Å². The van der Waals surface area contributed by atoms with E-state index in [1.807, 2.05) is 36.4 Å². The molecule has 0 saturated carbocycles. The number of esters is 1. The van der Waals surface area contributed by atoms with Gasteiger partial charge in [0.15, 0.2) is 0 Å². The van der Waals surface area contributed by atoms with Crippen molar-refractivity contribution in [1.29, 1.82) is 0 Å². The van der Waals surface area contributed by atoms with E-state index in [1.165, 1.54) is 13.2 Å². The number of methoxy groups -OCH3 is 2. The molecule has 4 aromatic rings. The molecule has 1 N–H and O–H groups in total. The van der Waals surface area contributed by atoms with Crippen LogP contribution in [0.25, 0.3) is 21.9 Å². The van der Waals surface area contributed by atoms with E-state index < -0.39 is 11.8 Å². The van der Waals surface area contributed by atoms with Crippen LogP contribution in [0.5, 0.6) is 5.75 Å². The van der Waals surface area contributed by atoms with E-state index in [-0.39, 0.29) is 11.6 Å². The van der Waals surface area contributed by atoms with Crippen LogP contribution >= 0.6 is 0 Å². The second-order valence-corrected chi connectivity index (χ2v) is 8.57. The van der Waals surface area contributed by atoms with E-state index in [0.29, 0.717) is 19.8 Å². The summed E-state index contributed by atoms with van der Waals surface area (Å²) >= 11 is 0. The molecule has 0 aromatic heterocycles. The Morgan fingerprint density at radius 3 is 2.58 bits per heavy atom. The number of rotatable bonds is 10. The van der Waals surface area contributed by atoms with Gasteiger partial charge < -0.3 is 19.5 Å². The Balaban J connectivity index is 1.59. The Hall–Kier alpha value is -3.74. The Morgan fingerprint density at radius 1 is 0.944 bits per heavy atom. The molecule has 0 fully saturated rings. The summed E-state index contributed by atoms with van der Waals surface area (Å²) in [6, 6.07) is 24.9. The molecule has 0 radical (unpaired) electrons. The smallest absolute Gasteiger partial charge is 0.340 e. The number of hydrogen-bond acceptors (Lipinski definition) is 5. The fourth-order valence-corrected chi connectivity index (χ4v) is 4.18. The van der Waals surface area contributed by atoms with Crippen LogP contribution in [0.2, 0.25) is 0 Å². The number of hydrogen-bond donors (Lipinski definition) is 1. The van der Waals surface area contributed by atoms with Gasteiger partial charge in [-0.3, -0.25) is 0 Å². The van der Waals surface area contributed by atoms with Gasteiger partial charge in [0.2, 0.25) is 0 Å². The van der Waals surface area contributed by atoms with Crippen LogP contribution in [0, 0.1) is 5.82 Å². The molecular formula is C30H30FNO4. The summed E-state index contributed by atoms with van der Waals surface area (Å²) < 4.78 is 29.8. The third kappa shape index (κ3) is 5.90. The van der Waals surface area contributed by atoms with E-state index in [4.69, 9.17) is 14.2 Å². The first-order valence-corrected chi connectivity index (χ1v) is 11.8. The second-order valence-electron chi connectivity index (χ2n) is 8.57. The third-order valence-electron chi connectivity index (χ3n) is 6.13. The predicted molar refractivity (Wildman–Crippen MR) is 140 cm³/mol. The summed E-state index contributed by atoms with van der Waals surface area (Å²) in [5, 5.41) is 5.68. The lowest BCUT2D eigenvalue weighted by atomic mass is 9.94. The summed E-state index contributed by atoms with van der Waals surface area (Å²) in [5.74, 6) is -0.488. The zero-order valence-corrected chi connectivity index (χ0v) is 20.7. The van der Waals surface area contributed by atoms with Crippen molar-refractivity contribution >= 4 is 16.7 Å². The summed E-state index contributed by atoms with van der Waals surface area (Å²) in [7, 11) is 2.90. The maximum Gasteiger partial charge on any atom is 0.340 e. The summed E-state index contributed by atoms with van der Waals surface area (Å²) in [5.41, 5.74) is 3.79. The molecule has 6 heteroatoms. The predicted octanol–water partition coefficient (Wildman–Crippen LogP) is 6.31. The quantitative estimate of drug-likeness (QED) is 0.210. The molecule has 4 aromatic carbocycles. The number of benzene rings is 4. The maximum atomic E-state index is 14.3. The fourth-order valence-electron chi connectivity index (χ4n) is 4.18. The summed E-state index contributed by atoms with van der Waals surface area (Å²) in [6.07, 6.45) is 0. The monoisotopic (exact) mass is 487 g/mol. The van der Waals surface area contributed by atoms with Crippen molar-refractivity contribution in [2.24, 2.45) is 0 Å². The third-order valence-corrected chi connectivity index (χ3v) is 6.13. The van der Waals surface area contributed by atoms with Crippen molar-refractivity contribution < 1.29 is 23.4 Å². The van der Waals surface area contributed by atoms with Gasteiger partial charge in [0.1, 0.15) is 18.2 Å². The fraction of sp³-hybridized carbons (Fsp3) is 0.233. The minimum Gasteiger partial charge on any atom is -0.491 e. The van der Waals surface area contributed by atoms with Gasteiger partial charge in [-0.05, 0) is 76.3 Å². The van der Waals surface area contributed by atoms with Crippen molar-refractivity contribution in [3.05, 3.63) is 101 Å². The topological polar surface area (TPSA) is 56.8 Å². The number of carbonyl (C=O) groups is 1. The molecule has 0 spiro atoms. The van der Waals surface area contributed by atoms with E-state index >= 15 is 0 Å². The first-order chi connectivity index (χ1) is 17.5. The van der Waals surface area contributed by atoms with Crippen LogP contribution in [0.3, 0.4) is 0 Å². The van der Waals surface area contributed by atoms with Gasteiger partial charge >= 0.3 is 5.97 Å². The van der Waals surface area contributed by atoms with E-state index in [1.54, 1.807) is 19.2 Å². The van der Waals surface area contributed by atoms with Crippen LogP contribution in [-0.4, -0.2) is 33.4 Å². The SMILES string of the molecule is COCCOc1cccc(C(C)NCc2cc(-c3ccc(F)c(C(=O)OC)c3)c3ccccc3c2)c1. The molecule has 0 saturated heterocycles. The number of halogens is 1. The molecular weight excluding hydrogens is 457 g/mol. The number of nitrogens with one attached hydrogen (secondary N) is 1. The normalized spacial score (nSPS) is 11.9. The molecule has 0 aliphatic rings. The van der Waals surface area contributed by atoms with Gasteiger partial charge in [-0.25, -0.2) is 9.18 Å². The lowest BCUT2D eigenvalue weighted by Crippen LogP contribution is -2.18. The Labute approximate surface area is 210 Å². The molecule has 0 heterocycles. The number of carbonyl (C=O) groups excluding carboxylic acids is 1. The van der Waals surface area contributed by atoms with E-state index in [0.717, 1.165) is 38.8 Å². The minimum absolute atomic E-state index is 0.0798. The maximum absolute atomic E-state index is 14.3. The van der Waals surface area contributed by atoms with Crippen LogP contribution in [0.4, 0.5) is 4.39 Å². The standard InChI is InChI=1S/C30H30FNO4/c1-20(22-8-6-9-25(17-22)36-14-13-34-2)32-19-21-15-23-7-4-5-10-26(23)27(16-21)24-11-12-29(31)28(18-24)30(33)35-3/h4-12,15-18,20,32H,13-14,19H2,1-3H3. The summed E-state index contributed by atoms with van der Waals surface area (Å²) in [4.78, 5) is 12.1. The highest BCUT2D eigenvalue weighted by Crippen LogP contribution is 2.32. The Morgan fingerprint density at radius 2 is 1.78 bits per heavy atom. The highest BCUT2D eigenvalue weighted by Gasteiger charge is 2.15. The van der Waals surface area contributed by atoms with Gasteiger partial charge in [-0.1, -0.05) is 42.5 Å². The molecule has 0 aliphatic carbocycles. The summed E-state index contributed by atoms with van der Waals surface area (Å²) in [6.45, 7) is 3.78. The van der Waals surface area contributed by atoms with Crippen LogP contribution in [0.1, 0.15) is 34.5 Å². The van der Waals surface area contributed by atoms with Crippen molar-refractivity contribution in [3.8, 4) is 16.9 Å². The zero-order chi connectivity index (χ0) is 25.5. The highest BCUT2D eigenvalue weighted by atomic mass is 19.1. The molecule has 1 unspecified atom stereocenters. The lowest BCUT2D eigenvalue weighted by Gasteiger charge is -2.17. The van der Waals surface area contributed by atoms with Crippen molar-refractivity contribution in [3.63, 3.8) is 0 Å². The first kappa shape index (κ1) is 25.4. The van der Waals surface area contributed by atoms with E-state index in [2.05, 4.69) is 36.5 Å². The van der Waals surface area contributed by atoms with Gasteiger partial charge in [-0.15, -0.1) is 0 Å². The molecule has 0 amide bonds. The second kappa shape index (κ2) is 11.8. The van der Waals surface area contributed by atoms with Crippen LogP contribution in [0.15, 0.2) is 78.9 Å². The largest absolute Gasteiger partial charge is 0.491 e. The lowest BCUT2D eigenvalue weighted by molar-refractivity contribution is 0.0595. The van der Waals surface area contributed by atoms with Crippen LogP contribution < -0.4 is 10.1 Å². The molecule has 0 aliphatic heterocycles.